The van der Waals surface area contributed by atoms with E-state index in [1.165, 1.54) is 0 Å². The van der Waals surface area contributed by atoms with Gasteiger partial charge in [0.2, 0.25) is 0 Å². The Morgan fingerprint density at radius 2 is 1.96 bits per heavy atom. The quantitative estimate of drug-likeness (QED) is 0.495. The molecule has 2 N–H and O–H groups in total. The molecule has 0 aliphatic heterocycles. The van der Waals surface area contributed by atoms with Gasteiger partial charge in [-0.3, -0.25) is 0 Å². The van der Waals surface area contributed by atoms with Gasteiger partial charge in [0.25, 0.3) is 0 Å². The van der Waals surface area contributed by atoms with Gasteiger partial charge in [0, 0.05) is 25.6 Å². The van der Waals surface area contributed by atoms with Crippen molar-refractivity contribution < 1.29 is 4.52 Å². The molecule has 0 saturated heterocycles. The minimum atomic E-state index is 0.549. The maximum atomic E-state index is 5.43. The number of guanidine groups is 1. The predicted molar refractivity (Wildman–Crippen MR) is 108 cm³/mol. The summed E-state index contributed by atoms with van der Waals surface area (Å²) in [5, 5.41) is 10.8. The summed E-state index contributed by atoms with van der Waals surface area (Å²) in [6, 6.07) is 8.15. The van der Waals surface area contributed by atoms with Crippen molar-refractivity contribution in [1.82, 2.24) is 25.3 Å². The Balaban J connectivity index is 1.74. The maximum absolute atomic E-state index is 5.43. The van der Waals surface area contributed by atoms with Gasteiger partial charge < -0.3 is 19.7 Å². The van der Waals surface area contributed by atoms with Gasteiger partial charge in [-0.05, 0) is 25.5 Å². The van der Waals surface area contributed by atoms with Crippen molar-refractivity contribution in [3.8, 4) is 0 Å². The van der Waals surface area contributed by atoms with Crippen LogP contribution in [0.1, 0.15) is 43.6 Å². The van der Waals surface area contributed by atoms with E-state index in [1.54, 1.807) is 0 Å². The van der Waals surface area contributed by atoms with E-state index in [9.17, 15) is 0 Å². The summed E-state index contributed by atoms with van der Waals surface area (Å²) in [7, 11) is 2.04. The molecule has 7 nitrogen and oxygen atoms in total. The van der Waals surface area contributed by atoms with Crippen molar-refractivity contribution in [2.75, 3.05) is 6.54 Å². The van der Waals surface area contributed by atoms with E-state index in [2.05, 4.69) is 47.2 Å². The van der Waals surface area contributed by atoms with E-state index in [0.717, 1.165) is 59.2 Å². The zero-order chi connectivity index (χ0) is 19.2. The fraction of sp³-hybridized carbons (Fsp3) is 0.450. The number of rotatable bonds is 7. The molecule has 27 heavy (non-hydrogen) atoms. The number of aromatic nitrogens is 3. The van der Waals surface area contributed by atoms with Crippen LogP contribution in [0, 0.1) is 0 Å². The number of nitrogens with one attached hydrogen (secondary N) is 2. The Morgan fingerprint density at radius 1 is 1.15 bits per heavy atom. The van der Waals surface area contributed by atoms with E-state index in [-0.39, 0.29) is 0 Å². The number of imidazole rings is 1. The fourth-order valence-corrected chi connectivity index (χ4v) is 3.13. The zero-order valence-corrected chi connectivity index (χ0v) is 16.5. The standard InChI is InChI=1S/C20H28N6O/c1-5-15-14(18(6-2)27-25-15)12-22-20(21-7-3)23-13-19-24-16-10-8-9-11-17(16)26(19)4/h8-11H,5-7,12-13H2,1-4H3,(H2,21,22,23). The van der Waals surface area contributed by atoms with Crippen molar-refractivity contribution >= 4 is 17.0 Å². The molecule has 0 unspecified atom stereocenters. The molecular weight excluding hydrogens is 340 g/mol. The molecule has 2 heterocycles. The van der Waals surface area contributed by atoms with E-state index >= 15 is 0 Å². The molecule has 0 saturated carbocycles. The first-order chi connectivity index (χ1) is 13.2. The molecule has 0 fully saturated rings. The van der Waals surface area contributed by atoms with E-state index < -0.39 is 0 Å². The average Bonchev–Trinajstić information content (AvgIpc) is 3.24. The molecular formula is C20H28N6O. The second-order valence-corrected chi connectivity index (χ2v) is 6.36. The molecule has 0 radical (unpaired) electrons. The highest BCUT2D eigenvalue weighted by Gasteiger charge is 2.13. The van der Waals surface area contributed by atoms with Gasteiger partial charge in [-0.1, -0.05) is 31.1 Å². The first-order valence-electron chi connectivity index (χ1n) is 9.56. The van der Waals surface area contributed by atoms with E-state index in [0.29, 0.717) is 13.1 Å². The molecule has 0 amide bonds. The Kier molecular flexibility index (Phi) is 6.11. The maximum Gasteiger partial charge on any atom is 0.191 e. The summed E-state index contributed by atoms with van der Waals surface area (Å²) in [6.45, 7) is 8.15. The first kappa shape index (κ1) is 18.9. The van der Waals surface area contributed by atoms with Crippen LogP contribution in [0.15, 0.2) is 33.8 Å². The number of para-hydroxylation sites is 2. The minimum Gasteiger partial charge on any atom is -0.361 e. The lowest BCUT2D eigenvalue weighted by Crippen LogP contribution is -2.37. The third-order valence-electron chi connectivity index (χ3n) is 4.64. The molecule has 3 rings (SSSR count). The highest BCUT2D eigenvalue weighted by atomic mass is 16.5. The number of benzene rings is 1. The molecule has 0 aliphatic rings. The normalized spacial score (nSPS) is 11.9. The van der Waals surface area contributed by atoms with E-state index in [4.69, 9.17) is 14.5 Å². The molecule has 144 valence electrons. The summed E-state index contributed by atoms with van der Waals surface area (Å²) in [6.07, 6.45) is 1.67. The lowest BCUT2D eigenvalue weighted by Gasteiger charge is -2.11. The van der Waals surface area contributed by atoms with Gasteiger partial charge in [0.1, 0.15) is 11.6 Å². The fourth-order valence-electron chi connectivity index (χ4n) is 3.13. The van der Waals surface area contributed by atoms with Gasteiger partial charge in [-0.15, -0.1) is 0 Å². The topological polar surface area (TPSA) is 80.3 Å². The van der Waals surface area contributed by atoms with Crippen LogP contribution in [0.4, 0.5) is 0 Å². The van der Waals surface area contributed by atoms with Gasteiger partial charge >= 0.3 is 0 Å². The van der Waals surface area contributed by atoms with Crippen molar-refractivity contribution in [2.24, 2.45) is 12.0 Å². The number of hydrogen-bond acceptors (Lipinski definition) is 4. The molecule has 0 spiro atoms. The summed E-state index contributed by atoms with van der Waals surface area (Å²) >= 11 is 0. The molecule has 7 heteroatoms. The van der Waals surface area contributed by atoms with Crippen LogP contribution in [0.2, 0.25) is 0 Å². The van der Waals surface area contributed by atoms with Crippen LogP contribution in [-0.4, -0.2) is 27.2 Å². The molecule has 1 aromatic carbocycles. The zero-order valence-electron chi connectivity index (χ0n) is 16.5. The van der Waals surface area contributed by atoms with Gasteiger partial charge in [0.05, 0.1) is 29.8 Å². The van der Waals surface area contributed by atoms with Crippen LogP contribution >= 0.6 is 0 Å². The smallest absolute Gasteiger partial charge is 0.191 e. The first-order valence-corrected chi connectivity index (χ1v) is 9.56. The molecule has 0 atom stereocenters. The second kappa shape index (κ2) is 8.70. The molecule has 0 bridgehead atoms. The number of hydrogen-bond donors (Lipinski definition) is 2. The van der Waals surface area contributed by atoms with Crippen molar-refractivity contribution in [1.29, 1.82) is 0 Å². The SMILES string of the molecule is CCNC(=NCc1c(CC)noc1CC)NCc1nc2ccccc2n1C. The number of fused-ring (bicyclic) bond motifs is 1. The third-order valence-corrected chi connectivity index (χ3v) is 4.64. The van der Waals surface area contributed by atoms with Gasteiger partial charge in [0.15, 0.2) is 5.96 Å². The Bertz CT molecular complexity index is 902. The summed E-state index contributed by atoms with van der Waals surface area (Å²) in [4.78, 5) is 9.43. The Labute approximate surface area is 159 Å². The summed E-state index contributed by atoms with van der Waals surface area (Å²) in [5.41, 5.74) is 4.21. The highest BCUT2D eigenvalue weighted by Crippen LogP contribution is 2.17. The van der Waals surface area contributed by atoms with Crippen LogP contribution < -0.4 is 10.6 Å². The van der Waals surface area contributed by atoms with Gasteiger partial charge in [-0.2, -0.15) is 0 Å². The van der Waals surface area contributed by atoms with E-state index in [1.807, 2.05) is 25.2 Å². The van der Waals surface area contributed by atoms with Crippen molar-refractivity contribution in [3.05, 3.63) is 47.1 Å². The average molecular weight is 368 g/mol. The predicted octanol–water partition coefficient (Wildman–Crippen LogP) is 2.94. The molecule has 3 aromatic rings. The third kappa shape index (κ3) is 4.13. The lowest BCUT2D eigenvalue weighted by atomic mass is 10.1. The Morgan fingerprint density at radius 3 is 2.67 bits per heavy atom. The van der Waals surface area contributed by atoms with Crippen molar-refractivity contribution in [3.63, 3.8) is 0 Å². The van der Waals surface area contributed by atoms with Crippen LogP contribution in [0.5, 0.6) is 0 Å². The Hall–Kier alpha value is -2.83. The lowest BCUT2D eigenvalue weighted by molar-refractivity contribution is 0.380. The summed E-state index contributed by atoms with van der Waals surface area (Å²) < 4.78 is 7.54. The minimum absolute atomic E-state index is 0.549. The molecule has 2 aromatic heterocycles. The summed E-state index contributed by atoms with van der Waals surface area (Å²) in [5.74, 6) is 2.65. The largest absolute Gasteiger partial charge is 0.361 e. The van der Waals surface area contributed by atoms with Crippen molar-refractivity contribution in [2.45, 2.75) is 46.7 Å². The second-order valence-electron chi connectivity index (χ2n) is 6.36. The number of aliphatic imine (C=N–C) groups is 1. The van der Waals surface area contributed by atoms with Crippen LogP contribution in [0.25, 0.3) is 11.0 Å². The highest BCUT2D eigenvalue weighted by molar-refractivity contribution is 5.80. The molecule has 0 aliphatic carbocycles. The van der Waals surface area contributed by atoms with Gasteiger partial charge in [-0.25, -0.2) is 9.98 Å². The number of aryl methyl sites for hydroxylation is 3. The number of nitrogens with zero attached hydrogens (tertiary/aromatic N) is 4. The van der Waals surface area contributed by atoms with Crippen LogP contribution in [0.3, 0.4) is 0 Å². The monoisotopic (exact) mass is 368 g/mol. The van der Waals surface area contributed by atoms with Crippen LogP contribution in [-0.2, 0) is 33.0 Å².